The van der Waals surface area contributed by atoms with Crippen LogP contribution >= 0.6 is 11.6 Å². The van der Waals surface area contributed by atoms with Gasteiger partial charge in [-0.3, -0.25) is 0 Å². The Hall–Kier alpha value is -1.81. The molecule has 0 aliphatic carbocycles. The fourth-order valence-corrected chi connectivity index (χ4v) is 1.25. The number of halogens is 1. The van der Waals surface area contributed by atoms with E-state index in [1.54, 1.807) is 44.2 Å². The Morgan fingerprint density at radius 3 is 2.44 bits per heavy atom. The molecule has 5 heteroatoms. The van der Waals surface area contributed by atoms with Gasteiger partial charge in [-0.15, -0.1) is 0 Å². The Labute approximate surface area is 111 Å². The van der Waals surface area contributed by atoms with E-state index in [1.807, 2.05) is 0 Å². The van der Waals surface area contributed by atoms with E-state index in [-0.39, 0.29) is 6.04 Å². The number of amides is 1. The number of hydrogen-bond acceptors (Lipinski definition) is 3. The number of nitrogens with one attached hydrogen (secondary N) is 1. The summed E-state index contributed by atoms with van der Waals surface area (Å²) in [4.78, 5) is 22.4. The van der Waals surface area contributed by atoms with E-state index in [1.165, 1.54) is 6.08 Å². The van der Waals surface area contributed by atoms with Crippen LogP contribution < -0.4 is 5.32 Å². The molecule has 0 atom stereocenters. The van der Waals surface area contributed by atoms with Crippen LogP contribution in [-0.2, 0) is 9.53 Å². The number of carbonyl (C=O) groups excluding carboxylic acids is 2. The highest BCUT2D eigenvalue weighted by molar-refractivity contribution is 6.30. The van der Waals surface area contributed by atoms with Crippen molar-refractivity contribution < 1.29 is 14.3 Å². The third-order valence-corrected chi connectivity index (χ3v) is 2.13. The van der Waals surface area contributed by atoms with Crippen LogP contribution in [0.25, 0.3) is 6.08 Å². The third-order valence-electron chi connectivity index (χ3n) is 1.88. The molecule has 0 fully saturated rings. The maximum Gasteiger partial charge on any atom is 0.415 e. The number of hydrogen-bond donors (Lipinski definition) is 1. The van der Waals surface area contributed by atoms with E-state index < -0.39 is 12.1 Å². The smallest absolute Gasteiger partial charge is 0.373 e. The van der Waals surface area contributed by atoms with Crippen molar-refractivity contribution in [2.24, 2.45) is 0 Å². The van der Waals surface area contributed by atoms with Gasteiger partial charge < -0.3 is 10.1 Å². The van der Waals surface area contributed by atoms with Gasteiger partial charge in [0.05, 0.1) is 0 Å². The number of rotatable bonds is 3. The van der Waals surface area contributed by atoms with Crippen molar-refractivity contribution in [3.63, 3.8) is 0 Å². The van der Waals surface area contributed by atoms with Crippen LogP contribution in [0.3, 0.4) is 0 Å². The monoisotopic (exact) mass is 267 g/mol. The van der Waals surface area contributed by atoms with Gasteiger partial charge in [0.2, 0.25) is 0 Å². The number of benzene rings is 1. The normalized spacial score (nSPS) is 10.7. The Bertz CT molecular complexity index is 452. The molecular weight excluding hydrogens is 254 g/mol. The average Bonchev–Trinajstić information content (AvgIpc) is 2.27. The first-order valence-corrected chi connectivity index (χ1v) is 5.81. The molecule has 1 N–H and O–H groups in total. The van der Waals surface area contributed by atoms with Gasteiger partial charge in [-0.25, -0.2) is 9.59 Å². The lowest BCUT2D eigenvalue weighted by Crippen LogP contribution is -2.31. The minimum absolute atomic E-state index is 0.0782. The van der Waals surface area contributed by atoms with Gasteiger partial charge in [0.25, 0.3) is 0 Å². The molecule has 0 unspecified atom stereocenters. The van der Waals surface area contributed by atoms with E-state index >= 15 is 0 Å². The fraction of sp³-hybridized carbons (Fsp3) is 0.231. The predicted molar refractivity (Wildman–Crippen MR) is 70.2 cm³/mol. The largest absolute Gasteiger partial charge is 0.415 e. The lowest BCUT2D eigenvalue weighted by molar-refractivity contribution is -0.131. The van der Waals surface area contributed by atoms with Crippen LogP contribution in [0.5, 0.6) is 0 Å². The van der Waals surface area contributed by atoms with Crippen LogP contribution in [0.15, 0.2) is 30.3 Å². The van der Waals surface area contributed by atoms with Crippen molar-refractivity contribution in [2.75, 3.05) is 0 Å². The first kappa shape index (κ1) is 14.3. The van der Waals surface area contributed by atoms with Gasteiger partial charge in [0.1, 0.15) is 0 Å². The van der Waals surface area contributed by atoms with E-state index in [4.69, 9.17) is 11.6 Å². The standard InChI is InChI=1S/C13H14ClNO3/c1-9(2)15-13(17)18-12(16)8-5-10-3-6-11(14)7-4-10/h3-9H,1-2H3,(H,15,17). The van der Waals surface area contributed by atoms with Crippen molar-refractivity contribution in [3.05, 3.63) is 40.9 Å². The van der Waals surface area contributed by atoms with Gasteiger partial charge in [-0.2, -0.15) is 0 Å². The number of alkyl carbamates (subject to hydrolysis) is 1. The summed E-state index contributed by atoms with van der Waals surface area (Å²) in [5, 5.41) is 3.06. The molecule has 4 nitrogen and oxygen atoms in total. The Balaban J connectivity index is 2.49. The number of esters is 1. The Morgan fingerprint density at radius 2 is 1.89 bits per heavy atom. The lowest BCUT2D eigenvalue weighted by atomic mass is 10.2. The molecule has 1 rings (SSSR count). The predicted octanol–water partition coefficient (Wildman–Crippen LogP) is 3.01. The summed E-state index contributed by atoms with van der Waals surface area (Å²) in [5.74, 6) is -0.719. The summed E-state index contributed by atoms with van der Waals surface area (Å²) in [6.07, 6.45) is 1.97. The molecule has 1 aromatic rings. The third kappa shape index (κ3) is 5.50. The van der Waals surface area contributed by atoms with Crippen LogP contribution in [0, 0.1) is 0 Å². The zero-order valence-electron chi connectivity index (χ0n) is 10.1. The number of carbonyl (C=O) groups is 2. The topological polar surface area (TPSA) is 55.4 Å². The summed E-state index contributed by atoms with van der Waals surface area (Å²) in [6, 6.07) is 6.84. The second-order valence-corrected chi connectivity index (χ2v) is 4.33. The van der Waals surface area contributed by atoms with Gasteiger partial charge in [-0.1, -0.05) is 23.7 Å². The average molecular weight is 268 g/mol. The minimum Gasteiger partial charge on any atom is -0.373 e. The quantitative estimate of drug-likeness (QED) is 0.520. The molecule has 1 amide bonds. The van der Waals surface area contributed by atoms with Crippen molar-refractivity contribution in [1.29, 1.82) is 0 Å². The summed E-state index contributed by atoms with van der Waals surface area (Å²) in [7, 11) is 0. The SMILES string of the molecule is CC(C)NC(=O)OC(=O)C=Cc1ccc(Cl)cc1. The van der Waals surface area contributed by atoms with E-state index in [2.05, 4.69) is 10.1 Å². The zero-order chi connectivity index (χ0) is 13.5. The van der Waals surface area contributed by atoms with Gasteiger partial charge in [-0.05, 0) is 37.6 Å². The van der Waals surface area contributed by atoms with Crippen LogP contribution in [-0.4, -0.2) is 18.1 Å². The maximum absolute atomic E-state index is 11.3. The summed E-state index contributed by atoms with van der Waals surface area (Å²) < 4.78 is 4.50. The van der Waals surface area contributed by atoms with Crippen molar-refractivity contribution in [1.82, 2.24) is 5.32 Å². The molecule has 0 saturated heterocycles. The van der Waals surface area contributed by atoms with E-state index in [0.717, 1.165) is 5.56 Å². The van der Waals surface area contributed by atoms with Crippen LogP contribution in [0.4, 0.5) is 4.79 Å². The highest BCUT2D eigenvalue weighted by Crippen LogP contribution is 2.10. The van der Waals surface area contributed by atoms with Crippen molar-refractivity contribution in [3.8, 4) is 0 Å². The Kier molecular flexibility index (Phi) is 5.39. The van der Waals surface area contributed by atoms with Crippen LogP contribution in [0.1, 0.15) is 19.4 Å². The second-order valence-electron chi connectivity index (χ2n) is 3.89. The van der Waals surface area contributed by atoms with Crippen molar-refractivity contribution in [2.45, 2.75) is 19.9 Å². The molecule has 1 aromatic carbocycles. The van der Waals surface area contributed by atoms with Gasteiger partial charge >= 0.3 is 12.1 Å². The van der Waals surface area contributed by atoms with Crippen molar-refractivity contribution >= 4 is 29.7 Å². The molecule has 0 aliphatic rings. The highest BCUT2D eigenvalue weighted by Gasteiger charge is 2.07. The zero-order valence-corrected chi connectivity index (χ0v) is 10.9. The molecule has 0 saturated carbocycles. The molecule has 0 radical (unpaired) electrons. The molecule has 0 heterocycles. The van der Waals surface area contributed by atoms with E-state index in [0.29, 0.717) is 5.02 Å². The molecule has 96 valence electrons. The lowest BCUT2D eigenvalue weighted by Gasteiger charge is -2.06. The minimum atomic E-state index is -0.754. The first-order chi connectivity index (χ1) is 8.47. The Morgan fingerprint density at radius 1 is 1.28 bits per heavy atom. The van der Waals surface area contributed by atoms with Gasteiger partial charge in [0, 0.05) is 17.1 Å². The summed E-state index contributed by atoms with van der Waals surface area (Å²) in [6.45, 7) is 3.55. The molecule has 0 spiro atoms. The highest BCUT2D eigenvalue weighted by atomic mass is 35.5. The molecule has 0 aliphatic heterocycles. The molecule has 0 aromatic heterocycles. The van der Waals surface area contributed by atoms with Crippen LogP contribution in [0.2, 0.25) is 5.02 Å². The number of ether oxygens (including phenoxy) is 1. The summed E-state index contributed by atoms with van der Waals surface area (Å²) >= 11 is 5.72. The first-order valence-electron chi connectivity index (χ1n) is 5.43. The van der Waals surface area contributed by atoms with E-state index in [9.17, 15) is 9.59 Å². The summed E-state index contributed by atoms with van der Waals surface area (Å²) in [5.41, 5.74) is 0.792. The molecule has 18 heavy (non-hydrogen) atoms. The molecule has 0 bridgehead atoms. The fourth-order valence-electron chi connectivity index (χ4n) is 1.13. The van der Waals surface area contributed by atoms with Gasteiger partial charge in [0.15, 0.2) is 0 Å². The molecular formula is C13H14ClNO3. The second kappa shape index (κ2) is 6.81. The maximum atomic E-state index is 11.3.